The molecule has 0 radical (unpaired) electrons. The lowest BCUT2D eigenvalue weighted by Crippen LogP contribution is -2.72. The Morgan fingerprint density at radius 3 is 1.31 bits per heavy atom. The Kier molecular flexibility index (Phi) is 12.3. The van der Waals surface area contributed by atoms with Crippen LogP contribution in [0.15, 0.2) is 102 Å². The van der Waals surface area contributed by atoms with Crippen LogP contribution in [0, 0.1) is 0 Å². The monoisotopic (exact) mass is 692 g/mol. The summed E-state index contributed by atoms with van der Waals surface area (Å²) >= 11 is 0. The summed E-state index contributed by atoms with van der Waals surface area (Å²) in [5, 5.41) is 31.3. The number of rotatable bonds is 12. The highest BCUT2D eigenvalue weighted by Crippen LogP contribution is 2.31. The van der Waals surface area contributed by atoms with Gasteiger partial charge in [-0.15, -0.1) is 32.9 Å². The van der Waals surface area contributed by atoms with Gasteiger partial charge >= 0.3 is 0 Å². The summed E-state index contributed by atoms with van der Waals surface area (Å²) in [7, 11) is 0. The van der Waals surface area contributed by atoms with Crippen molar-refractivity contribution in [2.45, 2.75) is 49.3 Å². The molecule has 2 aromatic carbocycles. The van der Waals surface area contributed by atoms with Gasteiger partial charge in [0.05, 0.1) is 37.3 Å². The van der Waals surface area contributed by atoms with Crippen LogP contribution in [0.3, 0.4) is 0 Å². The Labute approximate surface area is 289 Å². The molecule has 2 saturated heterocycles. The standard InChI is InChI=1S/C31H40N14O3.ClH/c32-17-27(46)44-13-11-42(19-25-34-38-39-35-25)29(23(44)15-21-7-3-1-4-8-21)31(48)30-24(16-22-9-5-2-6-10-22)45(28(47)18-33)14-12-43(30)20-26-36-40-41-37-26;/h1-10,23-26,29-30H,11-20,32-33H2;1H/t23-,24-,29?,30?;/m0./s1. The first kappa shape index (κ1) is 35.9. The van der Waals surface area contributed by atoms with Crippen molar-refractivity contribution in [1.29, 1.82) is 0 Å². The van der Waals surface area contributed by atoms with Gasteiger partial charge in [-0.25, -0.2) is 0 Å². The fourth-order valence-corrected chi connectivity index (χ4v) is 7.18. The molecule has 2 fully saturated rings. The predicted octanol–water partition coefficient (Wildman–Crippen LogP) is 1.46. The molecule has 2 unspecified atom stereocenters. The Bertz CT molecular complexity index is 1420. The lowest BCUT2D eigenvalue weighted by Gasteiger charge is -2.52. The fraction of sp³-hybridized carbons (Fsp3) is 0.516. The van der Waals surface area contributed by atoms with Crippen molar-refractivity contribution >= 4 is 30.0 Å². The molecule has 0 aliphatic carbocycles. The summed E-state index contributed by atoms with van der Waals surface area (Å²) in [6, 6.07) is 16.7. The Hall–Kier alpha value is -4.42. The average molecular weight is 693 g/mol. The average Bonchev–Trinajstić information content (AvgIpc) is 3.83. The number of carbonyl (C=O) groups excluding carboxylic acids is 3. The molecule has 260 valence electrons. The van der Waals surface area contributed by atoms with E-state index in [4.69, 9.17) is 11.5 Å². The van der Waals surface area contributed by atoms with Crippen LogP contribution in [0.4, 0.5) is 0 Å². The zero-order chi connectivity index (χ0) is 33.5. The van der Waals surface area contributed by atoms with Gasteiger partial charge in [-0.3, -0.25) is 24.2 Å². The fourth-order valence-electron chi connectivity index (χ4n) is 7.18. The number of hydrogen-bond donors (Lipinski definition) is 2. The van der Waals surface area contributed by atoms with E-state index in [0.717, 1.165) is 11.1 Å². The molecule has 18 heteroatoms. The number of benzene rings is 2. The van der Waals surface area contributed by atoms with Gasteiger partial charge in [-0.1, -0.05) is 60.7 Å². The third-order valence-corrected chi connectivity index (χ3v) is 9.34. The number of ketones is 1. The maximum absolute atomic E-state index is 15.6. The van der Waals surface area contributed by atoms with Crippen LogP contribution in [0.2, 0.25) is 0 Å². The highest BCUT2D eigenvalue weighted by Gasteiger charge is 2.51. The van der Waals surface area contributed by atoms with Gasteiger partial charge in [-0.2, -0.15) is 0 Å². The van der Waals surface area contributed by atoms with Crippen LogP contribution in [0.1, 0.15) is 11.1 Å². The van der Waals surface area contributed by atoms with Gasteiger partial charge in [0.2, 0.25) is 11.8 Å². The lowest BCUT2D eigenvalue weighted by molar-refractivity contribution is -0.149. The summed E-state index contributed by atoms with van der Waals surface area (Å²) in [6.45, 7) is 1.63. The lowest BCUT2D eigenvalue weighted by atomic mass is 9.82. The molecule has 4 atom stereocenters. The van der Waals surface area contributed by atoms with Crippen molar-refractivity contribution < 1.29 is 14.4 Å². The van der Waals surface area contributed by atoms with Gasteiger partial charge < -0.3 is 21.3 Å². The van der Waals surface area contributed by atoms with Gasteiger partial charge in [0, 0.05) is 39.3 Å². The number of hydrogen-bond acceptors (Lipinski definition) is 15. The molecule has 4 aliphatic heterocycles. The van der Waals surface area contributed by atoms with Crippen molar-refractivity contribution in [3.05, 3.63) is 71.8 Å². The SMILES string of the molecule is Cl.NCC(=O)N1CCN(CC2N=NN=N2)C(C(=O)C2[C@H](Cc3ccccc3)N(C(=O)CN)CCN2CC2N=NN=N2)[C@@H]1Cc1ccccc1. The van der Waals surface area contributed by atoms with E-state index in [9.17, 15) is 9.59 Å². The first-order valence-electron chi connectivity index (χ1n) is 16.2. The summed E-state index contributed by atoms with van der Waals surface area (Å²) in [4.78, 5) is 50.0. The molecule has 2 aromatic rings. The molecule has 0 bridgehead atoms. The van der Waals surface area contributed by atoms with Crippen molar-refractivity contribution in [2.24, 2.45) is 52.8 Å². The van der Waals surface area contributed by atoms with Crippen LogP contribution >= 0.6 is 12.4 Å². The van der Waals surface area contributed by atoms with Crippen LogP contribution in [-0.2, 0) is 27.2 Å². The first-order valence-corrected chi connectivity index (χ1v) is 16.2. The van der Waals surface area contributed by atoms with Gasteiger partial charge in [0.25, 0.3) is 0 Å². The van der Waals surface area contributed by atoms with Crippen LogP contribution in [0.25, 0.3) is 0 Å². The van der Waals surface area contributed by atoms with Crippen molar-refractivity contribution in [3.8, 4) is 0 Å². The maximum atomic E-state index is 15.6. The first-order chi connectivity index (χ1) is 23.5. The van der Waals surface area contributed by atoms with Crippen LogP contribution < -0.4 is 11.5 Å². The number of Topliss-reactive ketones (excluding diaryl/α,β-unsaturated/α-hetero) is 1. The third kappa shape index (κ3) is 8.25. The minimum atomic E-state index is -0.814. The summed E-state index contributed by atoms with van der Waals surface area (Å²) in [5.74, 6) is -0.650. The number of nitrogens with two attached hydrogens (primary N) is 2. The number of amides is 2. The summed E-state index contributed by atoms with van der Waals surface area (Å²) in [6.07, 6.45) is -0.377. The van der Waals surface area contributed by atoms with Crippen molar-refractivity contribution in [3.63, 3.8) is 0 Å². The molecule has 49 heavy (non-hydrogen) atoms. The smallest absolute Gasteiger partial charge is 0.236 e. The molecule has 0 aromatic heterocycles. The van der Waals surface area contributed by atoms with E-state index in [2.05, 4.69) is 41.4 Å². The molecule has 0 saturated carbocycles. The quantitative estimate of drug-likeness (QED) is 0.334. The normalized spacial score (nSPS) is 24.4. The number of nitrogens with zero attached hydrogens (tertiary/aromatic N) is 12. The molecule has 0 spiro atoms. The molecule has 6 rings (SSSR count). The van der Waals surface area contributed by atoms with Gasteiger partial charge in [0.1, 0.15) is 0 Å². The summed E-state index contributed by atoms with van der Waals surface area (Å²) in [5.41, 5.74) is 13.8. The molecular weight excluding hydrogens is 652 g/mol. The van der Waals surface area contributed by atoms with Crippen LogP contribution in [0.5, 0.6) is 0 Å². The van der Waals surface area contributed by atoms with E-state index in [1.54, 1.807) is 9.80 Å². The highest BCUT2D eigenvalue weighted by molar-refractivity contribution is 5.93. The second-order valence-electron chi connectivity index (χ2n) is 12.2. The molecule has 17 nitrogen and oxygen atoms in total. The summed E-state index contributed by atoms with van der Waals surface area (Å²) < 4.78 is 0. The maximum Gasteiger partial charge on any atom is 0.236 e. The number of carbonyl (C=O) groups is 3. The van der Waals surface area contributed by atoms with E-state index < -0.39 is 36.5 Å². The third-order valence-electron chi connectivity index (χ3n) is 9.34. The van der Waals surface area contributed by atoms with E-state index in [-0.39, 0.29) is 56.2 Å². The van der Waals surface area contributed by atoms with E-state index in [1.807, 2.05) is 70.5 Å². The molecular formula is C31H41ClN14O3. The second-order valence-corrected chi connectivity index (χ2v) is 12.2. The second kappa shape index (κ2) is 16.8. The number of halogens is 1. The largest absolute Gasteiger partial charge is 0.335 e. The van der Waals surface area contributed by atoms with E-state index >= 15 is 4.79 Å². The zero-order valence-corrected chi connectivity index (χ0v) is 27.8. The van der Waals surface area contributed by atoms with E-state index in [1.165, 1.54) is 0 Å². The van der Waals surface area contributed by atoms with Gasteiger partial charge in [-0.05, 0) is 44.9 Å². The molecule has 4 N–H and O–H groups in total. The predicted molar refractivity (Wildman–Crippen MR) is 179 cm³/mol. The highest BCUT2D eigenvalue weighted by atomic mass is 35.5. The van der Waals surface area contributed by atoms with E-state index in [0.29, 0.717) is 39.0 Å². The van der Waals surface area contributed by atoms with Crippen LogP contribution in [-0.4, -0.2) is 126 Å². The number of piperazine rings is 2. The molecule has 2 amide bonds. The van der Waals surface area contributed by atoms with Crippen molar-refractivity contribution in [1.82, 2.24) is 19.6 Å². The topological polar surface area (TPSA) is 215 Å². The minimum absolute atomic E-state index is 0. The Morgan fingerprint density at radius 2 is 0.959 bits per heavy atom. The minimum Gasteiger partial charge on any atom is -0.335 e. The Morgan fingerprint density at radius 1 is 0.592 bits per heavy atom. The molecule has 4 heterocycles. The molecule has 4 aliphatic rings. The van der Waals surface area contributed by atoms with Gasteiger partial charge in [0.15, 0.2) is 18.1 Å². The van der Waals surface area contributed by atoms with Crippen molar-refractivity contribution in [2.75, 3.05) is 52.4 Å². The Balaban J connectivity index is 0.00000468. The zero-order valence-electron chi connectivity index (χ0n) is 27.0.